The predicted molar refractivity (Wildman–Crippen MR) is 107 cm³/mol. The third-order valence-corrected chi connectivity index (χ3v) is 8.90. The Morgan fingerprint density at radius 2 is 1.56 bits per heavy atom. The zero-order valence-corrected chi connectivity index (χ0v) is 18.6. The van der Waals surface area contributed by atoms with E-state index in [1.54, 1.807) is 32.9 Å². The zero-order chi connectivity index (χ0) is 21.0. The highest BCUT2D eigenvalue weighted by atomic mass is 28.4. The number of benzene rings is 1. The van der Waals surface area contributed by atoms with E-state index >= 15 is 0 Å². The van der Waals surface area contributed by atoms with Gasteiger partial charge in [0.05, 0.1) is 5.56 Å². The molecule has 0 spiro atoms. The zero-order valence-electron chi connectivity index (χ0n) is 17.6. The smallest absolute Gasteiger partial charge is 0.338 e. The fraction of sp³-hybridized carbons (Fsp3) is 0.600. The first kappa shape index (κ1) is 23.2. The molecule has 0 aliphatic rings. The van der Waals surface area contributed by atoms with Crippen LogP contribution in [-0.2, 0) is 14.0 Å². The van der Waals surface area contributed by atoms with Gasteiger partial charge in [0.2, 0.25) is 0 Å². The standard InChI is InChI=1S/C20H32O6Si/c1-19(2,3)25-18(23)16(26-27(7,8)20(4,5)6)13-24-15-11-9-14(10-12-15)17(21)22/h9-12,16H,13H2,1-8H3,(H,21,22)/t16-/m1/s1. The van der Waals surface area contributed by atoms with Crippen LogP contribution in [0.2, 0.25) is 18.1 Å². The van der Waals surface area contributed by atoms with Crippen LogP contribution in [0.25, 0.3) is 0 Å². The van der Waals surface area contributed by atoms with Crippen molar-refractivity contribution in [2.45, 2.75) is 71.4 Å². The van der Waals surface area contributed by atoms with Crippen molar-refractivity contribution < 1.29 is 28.6 Å². The van der Waals surface area contributed by atoms with Crippen molar-refractivity contribution >= 4 is 20.3 Å². The highest BCUT2D eigenvalue weighted by molar-refractivity contribution is 6.74. The normalized spacial score (nSPS) is 13.8. The molecular weight excluding hydrogens is 364 g/mol. The molecule has 0 heterocycles. The Morgan fingerprint density at radius 1 is 1.04 bits per heavy atom. The number of carboxylic acid groups (broad SMARTS) is 1. The highest BCUT2D eigenvalue weighted by Crippen LogP contribution is 2.37. The summed E-state index contributed by atoms with van der Waals surface area (Å²) in [6, 6.07) is 6.02. The number of rotatable bonds is 7. The van der Waals surface area contributed by atoms with Gasteiger partial charge in [-0.05, 0) is 63.2 Å². The van der Waals surface area contributed by atoms with Gasteiger partial charge in [0, 0.05) is 0 Å². The third-order valence-electron chi connectivity index (χ3n) is 4.42. The van der Waals surface area contributed by atoms with Gasteiger partial charge in [-0.1, -0.05) is 20.8 Å². The van der Waals surface area contributed by atoms with E-state index in [1.807, 2.05) is 0 Å². The first-order chi connectivity index (χ1) is 12.1. The minimum atomic E-state index is -2.23. The van der Waals surface area contributed by atoms with E-state index < -0.39 is 32.0 Å². The molecule has 0 saturated carbocycles. The fourth-order valence-electron chi connectivity index (χ4n) is 1.92. The SMILES string of the molecule is CC(C)(C)OC(=O)[C@@H](COc1ccc(C(=O)O)cc1)O[Si](C)(C)C(C)(C)C. The summed E-state index contributed by atoms with van der Waals surface area (Å²) in [5.74, 6) is -1.00. The van der Waals surface area contributed by atoms with Crippen molar-refractivity contribution in [1.29, 1.82) is 0 Å². The Balaban J connectivity index is 2.93. The second-order valence-corrected chi connectivity index (χ2v) is 13.8. The van der Waals surface area contributed by atoms with Crippen LogP contribution in [0, 0.1) is 0 Å². The highest BCUT2D eigenvalue weighted by Gasteiger charge is 2.42. The second-order valence-electron chi connectivity index (χ2n) is 9.04. The fourth-order valence-corrected chi connectivity index (χ4v) is 3.14. The molecule has 1 atom stereocenters. The molecule has 0 radical (unpaired) electrons. The molecular formula is C20H32O6Si. The van der Waals surface area contributed by atoms with Crippen LogP contribution in [0.5, 0.6) is 5.75 Å². The lowest BCUT2D eigenvalue weighted by atomic mass is 10.2. The predicted octanol–water partition coefficient (Wildman–Crippen LogP) is 4.50. The summed E-state index contributed by atoms with van der Waals surface area (Å²) < 4.78 is 17.4. The van der Waals surface area contributed by atoms with Crippen LogP contribution >= 0.6 is 0 Å². The van der Waals surface area contributed by atoms with Gasteiger partial charge in [-0.15, -0.1) is 0 Å². The van der Waals surface area contributed by atoms with Crippen LogP contribution in [0.4, 0.5) is 0 Å². The molecule has 0 fully saturated rings. The maximum absolute atomic E-state index is 12.6. The molecule has 7 heteroatoms. The van der Waals surface area contributed by atoms with Gasteiger partial charge < -0.3 is 19.0 Å². The number of carbonyl (C=O) groups is 2. The van der Waals surface area contributed by atoms with Crippen LogP contribution in [0.15, 0.2) is 24.3 Å². The van der Waals surface area contributed by atoms with Crippen molar-refractivity contribution in [3.8, 4) is 5.75 Å². The van der Waals surface area contributed by atoms with Crippen LogP contribution in [0.3, 0.4) is 0 Å². The third kappa shape index (κ3) is 7.34. The number of ether oxygens (including phenoxy) is 2. The van der Waals surface area contributed by atoms with E-state index in [9.17, 15) is 9.59 Å². The molecule has 0 aliphatic heterocycles. The van der Waals surface area contributed by atoms with E-state index in [0.717, 1.165) is 0 Å². The van der Waals surface area contributed by atoms with E-state index in [-0.39, 0.29) is 17.2 Å². The molecule has 6 nitrogen and oxygen atoms in total. The summed E-state index contributed by atoms with van der Waals surface area (Å²) in [7, 11) is -2.23. The first-order valence-electron chi connectivity index (χ1n) is 8.99. The molecule has 0 bridgehead atoms. The van der Waals surface area contributed by atoms with Crippen molar-refractivity contribution in [1.82, 2.24) is 0 Å². The van der Waals surface area contributed by atoms with Crippen LogP contribution in [-0.4, -0.2) is 43.7 Å². The van der Waals surface area contributed by atoms with Gasteiger partial charge in [0.15, 0.2) is 14.4 Å². The molecule has 0 unspecified atom stereocenters. The van der Waals surface area contributed by atoms with E-state index in [0.29, 0.717) is 5.75 Å². The lowest BCUT2D eigenvalue weighted by Crippen LogP contribution is -2.49. The van der Waals surface area contributed by atoms with E-state index in [2.05, 4.69) is 33.9 Å². The average molecular weight is 397 g/mol. The van der Waals surface area contributed by atoms with Gasteiger partial charge in [-0.3, -0.25) is 0 Å². The minimum Gasteiger partial charge on any atom is -0.490 e. The minimum absolute atomic E-state index is 0.00611. The van der Waals surface area contributed by atoms with Crippen molar-refractivity contribution in [3.63, 3.8) is 0 Å². The summed E-state index contributed by atoms with van der Waals surface area (Å²) in [4.78, 5) is 23.6. The first-order valence-corrected chi connectivity index (χ1v) is 11.9. The number of esters is 1. The topological polar surface area (TPSA) is 82.1 Å². The van der Waals surface area contributed by atoms with Crippen molar-refractivity contribution in [3.05, 3.63) is 29.8 Å². The van der Waals surface area contributed by atoms with Crippen molar-refractivity contribution in [2.75, 3.05) is 6.61 Å². The summed E-state index contributed by atoms with van der Waals surface area (Å²) >= 11 is 0. The quantitative estimate of drug-likeness (QED) is 0.540. The van der Waals surface area contributed by atoms with E-state index in [1.165, 1.54) is 12.1 Å². The largest absolute Gasteiger partial charge is 0.490 e. The monoisotopic (exact) mass is 396 g/mol. The number of hydrogen-bond acceptors (Lipinski definition) is 5. The number of carboxylic acids is 1. The molecule has 0 saturated heterocycles. The number of aromatic carboxylic acids is 1. The molecule has 0 aromatic heterocycles. The Kier molecular flexibility index (Phi) is 7.24. The Morgan fingerprint density at radius 3 is 1.96 bits per heavy atom. The van der Waals surface area contributed by atoms with Crippen LogP contribution < -0.4 is 4.74 Å². The number of carbonyl (C=O) groups excluding carboxylic acids is 1. The molecule has 0 amide bonds. The summed E-state index contributed by atoms with van der Waals surface area (Å²) in [6.07, 6.45) is -0.857. The lowest BCUT2D eigenvalue weighted by molar-refractivity contribution is -0.165. The van der Waals surface area contributed by atoms with Gasteiger partial charge in [-0.2, -0.15) is 0 Å². The Labute approximate surface area is 163 Å². The van der Waals surface area contributed by atoms with Crippen molar-refractivity contribution in [2.24, 2.45) is 0 Å². The summed E-state index contributed by atoms with van der Waals surface area (Å²) in [5.41, 5.74) is -0.460. The second kappa shape index (κ2) is 8.44. The average Bonchev–Trinajstić information content (AvgIpc) is 2.48. The number of hydrogen-bond donors (Lipinski definition) is 1. The maximum atomic E-state index is 12.6. The maximum Gasteiger partial charge on any atom is 0.338 e. The molecule has 1 N–H and O–H groups in total. The Bertz CT molecular complexity index is 653. The van der Waals surface area contributed by atoms with Gasteiger partial charge in [-0.25, -0.2) is 9.59 Å². The molecule has 0 aliphatic carbocycles. The van der Waals surface area contributed by atoms with Gasteiger partial charge >= 0.3 is 11.9 Å². The summed E-state index contributed by atoms with van der Waals surface area (Å²) in [5, 5.41) is 8.89. The van der Waals surface area contributed by atoms with Gasteiger partial charge in [0.1, 0.15) is 18.0 Å². The Hall–Kier alpha value is -1.86. The lowest BCUT2D eigenvalue weighted by Gasteiger charge is -2.39. The summed E-state index contributed by atoms with van der Waals surface area (Å²) in [6.45, 7) is 15.8. The molecule has 1 aromatic carbocycles. The van der Waals surface area contributed by atoms with E-state index in [4.69, 9.17) is 19.0 Å². The molecule has 27 heavy (non-hydrogen) atoms. The molecule has 152 valence electrons. The van der Waals surface area contributed by atoms with Gasteiger partial charge in [0.25, 0.3) is 0 Å². The molecule has 1 aromatic rings. The van der Waals surface area contributed by atoms with Crippen LogP contribution in [0.1, 0.15) is 51.9 Å². The molecule has 1 rings (SSSR count).